The number of rotatable bonds is 5. The Bertz CT molecular complexity index is 1200. The average molecular weight is 432 g/mol. The predicted octanol–water partition coefficient (Wildman–Crippen LogP) is 3.18. The lowest BCUT2D eigenvalue weighted by molar-refractivity contribution is -0.139. The standard InChI is InChI=1S/C24H18F2N4O2/c25-16-6-4-15(5-7-16)12-14-29-23(31)20-21(19-3-1-2-13-27-19)28-30(22(20)24(29)32)18-10-8-17(26)9-11-18/h1-11,13,20,22H,12,14H2. The van der Waals surface area contributed by atoms with Crippen LogP contribution in [-0.4, -0.2) is 40.0 Å². The molecule has 0 radical (unpaired) electrons. The van der Waals surface area contributed by atoms with Crippen molar-refractivity contribution in [2.24, 2.45) is 11.0 Å². The number of carbonyl (C=O) groups excluding carboxylic acids is 2. The highest BCUT2D eigenvalue weighted by atomic mass is 19.1. The summed E-state index contributed by atoms with van der Waals surface area (Å²) >= 11 is 0. The average Bonchev–Trinajstić information content (AvgIpc) is 3.32. The molecule has 0 N–H and O–H groups in total. The number of aromatic nitrogens is 1. The second kappa shape index (κ2) is 7.96. The van der Waals surface area contributed by atoms with Crippen LogP contribution in [-0.2, 0) is 16.0 Å². The molecule has 1 saturated heterocycles. The van der Waals surface area contributed by atoms with Crippen molar-refractivity contribution in [1.82, 2.24) is 9.88 Å². The van der Waals surface area contributed by atoms with E-state index in [2.05, 4.69) is 10.1 Å². The monoisotopic (exact) mass is 432 g/mol. The van der Waals surface area contributed by atoms with E-state index in [1.54, 1.807) is 36.5 Å². The van der Waals surface area contributed by atoms with Crippen LogP contribution in [0.1, 0.15) is 11.3 Å². The number of carbonyl (C=O) groups is 2. The van der Waals surface area contributed by atoms with Gasteiger partial charge in [0.05, 0.1) is 11.4 Å². The summed E-state index contributed by atoms with van der Waals surface area (Å²) in [5.41, 5.74) is 2.24. The minimum Gasteiger partial charge on any atom is -0.280 e. The molecule has 0 bridgehead atoms. The van der Waals surface area contributed by atoms with E-state index in [4.69, 9.17) is 0 Å². The first-order valence-corrected chi connectivity index (χ1v) is 10.2. The number of nitrogens with zero attached hydrogens (tertiary/aromatic N) is 4. The van der Waals surface area contributed by atoms with E-state index < -0.39 is 17.8 Å². The van der Waals surface area contributed by atoms with Crippen LogP contribution in [0.3, 0.4) is 0 Å². The Kier molecular flexibility index (Phi) is 4.97. The number of fused-ring (bicyclic) bond motifs is 1. The van der Waals surface area contributed by atoms with Crippen LogP contribution in [0, 0.1) is 17.6 Å². The molecule has 32 heavy (non-hydrogen) atoms. The highest BCUT2D eigenvalue weighted by Gasteiger charge is 2.56. The first kappa shape index (κ1) is 20.0. The maximum Gasteiger partial charge on any atom is 0.255 e. The fraction of sp³-hybridized carbons (Fsp3) is 0.167. The normalized spacial score (nSPS) is 20.0. The third-order valence-corrected chi connectivity index (χ3v) is 5.70. The molecule has 2 unspecified atom stereocenters. The number of imide groups is 1. The Morgan fingerprint density at radius 2 is 1.53 bits per heavy atom. The van der Waals surface area contributed by atoms with Gasteiger partial charge in [0.2, 0.25) is 5.91 Å². The lowest BCUT2D eigenvalue weighted by atomic mass is 9.95. The van der Waals surface area contributed by atoms with Crippen LogP contribution in [0.2, 0.25) is 0 Å². The second-order valence-corrected chi connectivity index (χ2v) is 7.65. The number of hydrogen-bond donors (Lipinski definition) is 0. The molecule has 160 valence electrons. The molecule has 2 amide bonds. The number of benzene rings is 2. The van der Waals surface area contributed by atoms with Gasteiger partial charge in [0.1, 0.15) is 29.3 Å². The highest BCUT2D eigenvalue weighted by Crippen LogP contribution is 2.37. The Morgan fingerprint density at radius 3 is 2.19 bits per heavy atom. The highest BCUT2D eigenvalue weighted by molar-refractivity contribution is 6.24. The summed E-state index contributed by atoms with van der Waals surface area (Å²) in [6.07, 6.45) is 2.00. The van der Waals surface area contributed by atoms with E-state index in [1.807, 2.05) is 0 Å². The Hall–Kier alpha value is -3.94. The van der Waals surface area contributed by atoms with Gasteiger partial charge in [0.15, 0.2) is 0 Å². The van der Waals surface area contributed by atoms with Crippen LogP contribution in [0.4, 0.5) is 14.5 Å². The molecule has 2 aromatic carbocycles. The number of amides is 2. The van der Waals surface area contributed by atoms with E-state index in [1.165, 1.54) is 46.3 Å². The third kappa shape index (κ3) is 3.43. The Balaban J connectivity index is 1.48. The van der Waals surface area contributed by atoms with Gasteiger partial charge < -0.3 is 0 Å². The van der Waals surface area contributed by atoms with Gasteiger partial charge in [-0.2, -0.15) is 5.10 Å². The summed E-state index contributed by atoms with van der Waals surface area (Å²) in [4.78, 5) is 32.2. The van der Waals surface area contributed by atoms with Gasteiger partial charge in [-0.15, -0.1) is 0 Å². The van der Waals surface area contributed by atoms with E-state index in [9.17, 15) is 18.4 Å². The first-order chi connectivity index (χ1) is 15.5. The zero-order valence-electron chi connectivity index (χ0n) is 16.9. The summed E-state index contributed by atoms with van der Waals surface area (Å²) in [7, 11) is 0. The molecular weight excluding hydrogens is 414 g/mol. The zero-order chi connectivity index (χ0) is 22.2. The van der Waals surface area contributed by atoms with Crippen LogP contribution >= 0.6 is 0 Å². The molecule has 0 saturated carbocycles. The zero-order valence-corrected chi connectivity index (χ0v) is 16.9. The number of pyridine rings is 1. The SMILES string of the molecule is O=C1C2C(c3ccccn3)=NN(c3ccc(F)cc3)C2C(=O)N1CCc1ccc(F)cc1. The van der Waals surface area contributed by atoms with Crippen LogP contribution in [0.15, 0.2) is 78.0 Å². The molecule has 1 aromatic heterocycles. The lowest BCUT2D eigenvalue weighted by Gasteiger charge is -2.22. The van der Waals surface area contributed by atoms with Gasteiger partial charge in [-0.3, -0.25) is 24.5 Å². The van der Waals surface area contributed by atoms with E-state index in [0.29, 0.717) is 23.5 Å². The summed E-state index contributed by atoms with van der Waals surface area (Å²) in [5.74, 6) is -2.29. The van der Waals surface area contributed by atoms with Crippen LogP contribution in [0.5, 0.6) is 0 Å². The Morgan fingerprint density at radius 1 is 0.844 bits per heavy atom. The van der Waals surface area contributed by atoms with Crippen molar-refractivity contribution in [1.29, 1.82) is 0 Å². The molecule has 5 rings (SSSR count). The topological polar surface area (TPSA) is 65.9 Å². The Labute approximate surface area is 182 Å². The van der Waals surface area contributed by atoms with Crippen LogP contribution < -0.4 is 5.01 Å². The first-order valence-electron chi connectivity index (χ1n) is 10.2. The van der Waals surface area contributed by atoms with Crippen molar-refractivity contribution in [3.05, 3.63) is 95.8 Å². The van der Waals surface area contributed by atoms with Gasteiger partial charge in [-0.25, -0.2) is 8.78 Å². The van der Waals surface area contributed by atoms with Gasteiger partial charge in [0.25, 0.3) is 5.91 Å². The predicted molar refractivity (Wildman–Crippen MR) is 114 cm³/mol. The fourth-order valence-electron chi connectivity index (χ4n) is 4.12. The molecular formula is C24H18F2N4O2. The maximum absolute atomic E-state index is 13.5. The maximum atomic E-state index is 13.5. The largest absolute Gasteiger partial charge is 0.280 e. The van der Waals surface area contributed by atoms with Crippen molar-refractivity contribution in [2.45, 2.75) is 12.5 Å². The van der Waals surface area contributed by atoms with Crippen molar-refractivity contribution < 1.29 is 18.4 Å². The minimum atomic E-state index is -0.863. The van der Waals surface area contributed by atoms with Crippen LogP contribution in [0.25, 0.3) is 0 Å². The van der Waals surface area contributed by atoms with Gasteiger partial charge >= 0.3 is 0 Å². The summed E-state index contributed by atoms with van der Waals surface area (Å²) in [6, 6.07) is 16.0. The number of halogens is 2. The minimum absolute atomic E-state index is 0.170. The number of hydrazone groups is 1. The van der Waals surface area contributed by atoms with E-state index in [0.717, 1.165) is 5.56 Å². The molecule has 2 atom stereocenters. The van der Waals surface area contributed by atoms with E-state index in [-0.39, 0.29) is 24.2 Å². The van der Waals surface area contributed by atoms with Crippen molar-refractivity contribution >= 4 is 23.2 Å². The molecule has 0 aliphatic carbocycles. The van der Waals surface area contributed by atoms with Crippen molar-refractivity contribution in [2.75, 3.05) is 11.6 Å². The molecule has 6 nitrogen and oxygen atoms in total. The summed E-state index contributed by atoms with van der Waals surface area (Å²) in [5, 5.41) is 6.04. The van der Waals surface area contributed by atoms with Gasteiger partial charge in [-0.1, -0.05) is 18.2 Å². The quantitative estimate of drug-likeness (QED) is 0.581. The van der Waals surface area contributed by atoms with Crippen molar-refractivity contribution in [3.8, 4) is 0 Å². The van der Waals surface area contributed by atoms with Gasteiger partial charge in [-0.05, 0) is 60.5 Å². The number of likely N-dealkylation sites (tertiary alicyclic amines) is 1. The number of hydrogen-bond acceptors (Lipinski definition) is 5. The van der Waals surface area contributed by atoms with Crippen molar-refractivity contribution in [3.63, 3.8) is 0 Å². The summed E-state index contributed by atoms with van der Waals surface area (Å²) < 4.78 is 26.6. The molecule has 1 fully saturated rings. The number of anilines is 1. The molecule has 0 spiro atoms. The molecule has 3 heterocycles. The van der Waals surface area contributed by atoms with Gasteiger partial charge in [0, 0.05) is 12.7 Å². The third-order valence-electron chi connectivity index (χ3n) is 5.70. The smallest absolute Gasteiger partial charge is 0.255 e. The molecule has 2 aliphatic heterocycles. The molecule has 3 aromatic rings. The fourth-order valence-corrected chi connectivity index (χ4v) is 4.12. The molecule has 2 aliphatic rings. The van der Waals surface area contributed by atoms with E-state index >= 15 is 0 Å². The lowest BCUT2D eigenvalue weighted by Crippen LogP contribution is -2.39. The second-order valence-electron chi connectivity index (χ2n) is 7.65. The summed E-state index contributed by atoms with van der Waals surface area (Å²) in [6.45, 7) is 0.170. The molecule has 8 heteroatoms.